The Hall–Kier alpha value is -4.67. The van der Waals surface area contributed by atoms with Gasteiger partial charge >= 0.3 is 6.09 Å². The third-order valence-electron chi connectivity index (χ3n) is 9.86. The van der Waals surface area contributed by atoms with E-state index in [1.165, 1.54) is 50.2 Å². The van der Waals surface area contributed by atoms with Gasteiger partial charge in [0, 0.05) is 12.1 Å². The van der Waals surface area contributed by atoms with Crippen LogP contribution in [0.4, 0.5) is 4.79 Å². The summed E-state index contributed by atoms with van der Waals surface area (Å²) in [7, 11) is 1.70. The molecule has 274 valence electrons. The van der Waals surface area contributed by atoms with Crippen molar-refractivity contribution in [3.63, 3.8) is 0 Å². The largest absolute Gasteiger partial charge is 0.445 e. The number of hydrogen-bond donors (Lipinski definition) is 5. The molecule has 3 aromatic carbocycles. The summed E-state index contributed by atoms with van der Waals surface area (Å²) < 4.78 is 4.97. The molecule has 10 nitrogen and oxygen atoms in total. The first-order chi connectivity index (χ1) is 24.7. The normalized spacial score (nSPS) is 16.3. The molecule has 0 radical (unpaired) electrons. The van der Waals surface area contributed by atoms with E-state index in [0.29, 0.717) is 22.6 Å². The van der Waals surface area contributed by atoms with Gasteiger partial charge in [0.15, 0.2) is 5.75 Å². The molecular weight excluding hydrogens is 644 g/mol. The minimum absolute atomic E-state index is 0.00532. The lowest BCUT2D eigenvalue weighted by Gasteiger charge is -2.32. The number of likely N-dealkylation sites (N-methyl/N-ethyl adjacent to an activating group) is 1. The molecule has 0 bridgehead atoms. The molecule has 1 aliphatic rings. The molecule has 1 saturated carbocycles. The number of ether oxygens (including phenoxy) is 1. The van der Waals surface area contributed by atoms with E-state index in [2.05, 4.69) is 40.1 Å². The van der Waals surface area contributed by atoms with Crippen molar-refractivity contribution in [1.29, 1.82) is 0 Å². The predicted octanol–water partition coefficient (Wildman–Crippen LogP) is 6.24. The Labute approximate surface area is 302 Å². The van der Waals surface area contributed by atoms with Crippen LogP contribution < -0.4 is 26.3 Å². The number of hydrogen-bond acceptors (Lipinski definition) is 7. The van der Waals surface area contributed by atoms with E-state index in [-0.39, 0.29) is 37.1 Å². The smallest absolute Gasteiger partial charge is 0.407 e. The lowest BCUT2D eigenvalue weighted by atomic mass is 9.79. The van der Waals surface area contributed by atoms with Crippen molar-refractivity contribution in [2.75, 3.05) is 20.2 Å². The number of aliphatic hydroxyl groups is 1. The van der Waals surface area contributed by atoms with Crippen LogP contribution in [0.5, 0.6) is 5.75 Å². The molecule has 4 unspecified atom stereocenters. The van der Waals surface area contributed by atoms with Gasteiger partial charge in [-0.15, -0.1) is 0 Å². The number of hydroxylamine groups is 1. The molecule has 0 saturated heterocycles. The van der Waals surface area contributed by atoms with Crippen molar-refractivity contribution in [2.24, 2.45) is 5.92 Å². The Balaban J connectivity index is 1.59. The predicted molar refractivity (Wildman–Crippen MR) is 199 cm³/mol. The molecule has 0 heterocycles. The average molecular weight is 699 g/mol. The first-order valence-corrected chi connectivity index (χ1v) is 18.2. The Morgan fingerprint density at radius 3 is 2.22 bits per heavy atom. The second kappa shape index (κ2) is 19.7. The minimum atomic E-state index is -1.62. The van der Waals surface area contributed by atoms with Crippen molar-refractivity contribution >= 4 is 17.9 Å². The lowest BCUT2D eigenvalue weighted by Crippen LogP contribution is -2.55. The van der Waals surface area contributed by atoms with Crippen LogP contribution in [0.25, 0.3) is 0 Å². The summed E-state index contributed by atoms with van der Waals surface area (Å²) in [6.07, 6.45) is 8.95. The highest BCUT2D eigenvalue weighted by molar-refractivity contribution is 5.89. The number of carbonyl (C=O) groups excluding carboxylic acids is 3. The van der Waals surface area contributed by atoms with Gasteiger partial charge in [0.05, 0.1) is 6.04 Å². The van der Waals surface area contributed by atoms with Crippen molar-refractivity contribution in [2.45, 2.75) is 88.8 Å². The number of alkyl carbamates (subject to hydrolysis) is 1. The molecule has 0 aliphatic heterocycles. The molecule has 3 aromatic rings. The summed E-state index contributed by atoms with van der Waals surface area (Å²) in [6.45, 7) is 7.55. The molecular formula is C41H54N4O6. The van der Waals surface area contributed by atoms with Gasteiger partial charge in [-0.3, -0.25) is 9.59 Å². The van der Waals surface area contributed by atoms with E-state index in [1.807, 2.05) is 62.4 Å². The molecule has 1 fully saturated rings. The van der Waals surface area contributed by atoms with Crippen molar-refractivity contribution in [3.05, 3.63) is 114 Å². The van der Waals surface area contributed by atoms with Gasteiger partial charge in [-0.2, -0.15) is 5.48 Å². The van der Waals surface area contributed by atoms with Gasteiger partial charge in [-0.05, 0) is 60.9 Å². The maximum absolute atomic E-state index is 13.7. The minimum Gasteiger partial charge on any atom is -0.445 e. The number of nitrogens with one attached hydrogen (secondary N) is 4. The summed E-state index contributed by atoms with van der Waals surface area (Å²) >= 11 is 0. The Kier molecular flexibility index (Phi) is 15.1. The first-order valence-electron chi connectivity index (χ1n) is 18.2. The highest BCUT2D eigenvalue weighted by Crippen LogP contribution is 2.42. The van der Waals surface area contributed by atoms with Crippen molar-refractivity contribution < 1.29 is 29.1 Å². The Bertz CT molecular complexity index is 1560. The first kappa shape index (κ1) is 39.1. The molecule has 0 spiro atoms. The molecule has 4 atom stereocenters. The zero-order valence-corrected chi connectivity index (χ0v) is 30.2. The van der Waals surface area contributed by atoms with Crippen LogP contribution in [0.15, 0.2) is 91.5 Å². The number of amides is 3. The van der Waals surface area contributed by atoms with Crippen molar-refractivity contribution in [1.82, 2.24) is 21.4 Å². The highest BCUT2D eigenvalue weighted by Gasteiger charge is 2.37. The van der Waals surface area contributed by atoms with E-state index in [1.54, 1.807) is 25.2 Å². The fourth-order valence-corrected chi connectivity index (χ4v) is 6.74. The fourth-order valence-electron chi connectivity index (χ4n) is 6.74. The molecule has 10 heteroatoms. The SMILES string of the molecule is C=CCOC(=O)NCCC(NC(=O)C(NC)C(C)CC)C(=O)NOc1ccccc1C(O)(c1ccccc1)c1ccc(C2CCCCCC2)cc1. The topological polar surface area (TPSA) is 138 Å². The highest BCUT2D eigenvalue weighted by atomic mass is 16.7. The summed E-state index contributed by atoms with van der Waals surface area (Å²) in [5, 5.41) is 21.2. The summed E-state index contributed by atoms with van der Waals surface area (Å²) in [4.78, 5) is 45.0. The quantitative estimate of drug-likeness (QED) is 0.0487. The van der Waals surface area contributed by atoms with E-state index in [9.17, 15) is 19.5 Å². The summed E-state index contributed by atoms with van der Waals surface area (Å²) in [5.74, 6) is -0.242. The molecule has 1 aliphatic carbocycles. The van der Waals surface area contributed by atoms with Gasteiger partial charge in [-0.1, -0.05) is 131 Å². The van der Waals surface area contributed by atoms with Crippen LogP contribution >= 0.6 is 0 Å². The maximum atomic E-state index is 13.7. The number of para-hydroxylation sites is 1. The zero-order valence-electron chi connectivity index (χ0n) is 30.2. The van der Waals surface area contributed by atoms with Gasteiger partial charge < -0.3 is 30.6 Å². The van der Waals surface area contributed by atoms with Crippen LogP contribution in [0.1, 0.15) is 93.4 Å². The van der Waals surface area contributed by atoms with Gasteiger partial charge in [0.2, 0.25) is 5.91 Å². The molecule has 0 aromatic heterocycles. The van der Waals surface area contributed by atoms with Crippen LogP contribution in [0, 0.1) is 5.92 Å². The third kappa shape index (κ3) is 10.4. The summed E-state index contributed by atoms with van der Waals surface area (Å²) in [5.41, 5.74) is 3.89. The van der Waals surface area contributed by atoms with E-state index < -0.39 is 29.7 Å². The fraction of sp³-hybridized carbons (Fsp3) is 0.439. The Morgan fingerprint density at radius 1 is 0.922 bits per heavy atom. The van der Waals surface area contributed by atoms with Crippen LogP contribution in [0.2, 0.25) is 0 Å². The van der Waals surface area contributed by atoms with Crippen LogP contribution in [0.3, 0.4) is 0 Å². The second-order valence-corrected chi connectivity index (χ2v) is 13.3. The van der Waals surface area contributed by atoms with Crippen molar-refractivity contribution in [3.8, 4) is 5.75 Å². The van der Waals surface area contributed by atoms with Crippen LogP contribution in [-0.4, -0.2) is 55.3 Å². The lowest BCUT2D eigenvalue weighted by molar-refractivity contribution is -0.134. The molecule has 5 N–H and O–H groups in total. The number of benzene rings is 3. The third-order valence-corrected chi connectivity index (χ3v) is 9.86. The van der Waals surface area contributed by atoms with Gasteiger partial charge in [-0.25, -0.2) is 4.79 Å². The second-order valence-electron chi connectivity index (χ2n) is 13.3. The zero-order chi connectivity index (χ0) is 36.6. The molecule has 3 amide bonds. The van der Waals surface area contributed by atoms with E-state index in [0.717, 1.165) is 6.42 Å². The molecule has 51 heavy (non-hydrogen) atoms. The number of carbonyl (C=O) groups is 3. The Morgan fingerprint density at radius 2 is 1.57 bits per heavy atom. The van der Waals surface area contributed by atoms with E-state index >= 15 is 0 Å². The standard InChI is InChI=1S/C41H54N4O6/c1-5-28-50-40(48)43-27-26-35(44-39(47)37(42-4)29(3)6-2)38(46)45-51-36-21-15-14-20-34(36)41(49,32-18-12-9-13-19-32)33-24-22-31(23-25-33)30-16-10-7-8-11-17-30/h5,9,12-15,18-25,29-30,35,37,42,49H,1,6-8,10-11,16-17,26-28H2,2-4H3,(H,43,48)(H,44,47)(H,45,46). The van der Waals surface area contributed by atoms with E-state index in [4.69, 9.17) is 9.57 Å². The van der Waals surface area contributed by atoms with Crippen LogP contribution in [-0.2, 0) is 19.9 Å². The average Bonchev–Trinajstić information content (AvgIpc) is 3.46. The summed E-state index contributed by atoms with van der Waals surface area (Å²) in [6, 6.07) is 23.0. The monoisotopic (exact) mass is 698 g/mol. The number of rotatable bonds is 17. The molecule has 4 rings (SSSR count). The van der Waals surface area contributed by atoms with Gasteiger partial charge in [0.25, 0.3) is 5.91 Å². The van der Waals surface area contributed by atoms with Gasteiger partial charge in [0.1, 0.15) is 18.2 Å². The maximum Gasteiger partial charge on any atom is 0.407 e.